The molecule has 0 aromatic carbocycles. The van der Waals surface area contributed by atoms with E-state index in [4.69, 9.17) is 5.11 Å². The number of aliphatic hydroxyl groups excluding tert-OH is 1. The molecule has 0 heterocycles. The molecule has 0 unspecified atom stereocenters. The Morgan fingerprint density at radius 1 is 1.12 bits per heavy atom. The molecule has 8 heavy (non-hydrogen) atoms. The normalized spacial score (nSPS) is 8.25. The second-order valence-corrected chi connectivity index (χ2v) is 1.78. The molecule has 0 spiro atoms. The first kappa shape index (κ1) is 11.4. The quantitative estimate of drug-likeness (QED) is 0.421. The molecule has 0 bridgehead atoms. The fourth-order valence-electron chi connectivity index (χ4n) is 0.539. The molecule has 0 saturated heterocycles. The van der Waals surface area contributed by atoms with Gasteiger partial charge in [-0.3, -0.25) is 0 Å². The van der Waals surface area contributed by atoms with E-state index < -0.39 is 0 Å². The molecule has 0 aliphatic carbocycles. The summed E-state index contributed by atoms with van der Waals surface area (Å²) in [5.41, 5.74) is 0. The molecule has 0 atom stereocenters. The van der Waals surface area contributed by atoms with Crippen molar-refractivity contribution in [2.24, 2.45) is 0 Å². The van der Waals surface area contributed by atoms with Crippen molar-refractivity contribution in [3.8, 4) is 0 Å². The molecule has 46 valence electrons. The molecule has 0 amide bonds. The SMILES string of the molecule is CCCCCCO.[LiH]. The Labute approximate surface area is 63.7 Å². The summed E-state index contributed by atoms with van der Waals surface area (Å²) >= 11 is 0. The van der Waals surface area contributed by atoms with Gasteiger partial charge in [0, 0.05) is 6.61 Å². The van der Waals surface area contributed by atoms with Crippen LogP contribution in [0.1, 0.15) is 32.6 Å². The van der Waals surface area contributed by atoms with Gasteiger partial charge >= 0.3 is 18.9 Å². The molecule has 1 N–H and O–H groups in total. The van der Waals surface area contributed by atoms with Crippen LogP contribution < -0.4 is 0 Å². The first-order chi connectivity index (χ1) is 3.41. The van der Waals surface area contributed by atoms with E-state index in [9.17, 15) is 0 Å². The summed E-state index contributed by atoms with van der Waals surface area (Å²) < 4.78 is 0. The van der Waals surface area contributed by atoms with Crippen LogP contribution in [0.15, 0.2) is 0 Å². The van der Waals surface area contributed by atoms with Gasteiger partial charge < -0.3 is 5.11 Å². The summed E-state index contributed by atoms with van der Waals surface area (Å²) in [6.45, 7) is 2.53. The zero-order chi connectivity index (χ0) is 5.54. The summed E-state index contributed by atoms with van der Waals surface area (Å²) in [5.74, 6) is 0. The van der Waals surface area contributed by atoms with E-state index in [1.54, 1.807) is 0 Å². The Balaban J connectivity index is 0. The Hall–Kier alpha value is 0.557. The third-order valence-corrected chi connectivity index (χ3v) is 1.01. The first-order valence-electron chi connectivity index (χ1n) is 3.02. The van der Waals surface area contributed by atoms with Gasteiger partial charge in [0.05, 0.1) is 0 Å². The summed E-state index contributed by atoms with van der Waals surface area (Å²) in [5, 5.41) is 8.29. The maximum absolute atomic E-state index is 8.29. The van der Waals surface area contributed by atoms with Crippen LogP contribution >= 0.6 is 0 Å². The minimum absolute atomic E-state index is 0. The molecule has 1 nitrogen and oxygen atoms in total. The maximum atomic E-state index is 8.29. The average molecular weight is 110 g/mol. The molecular formula is C6H15LiO. The molecular weight excluding hydrogens is 95.0 g/mol. The Kier molecular flexibility index (Phi) is 14.9. The molecule has 0 aromatic rings. The second kappa shape index (κ2) is 10.5. The summed E-state index contributed by atoms with van der Waals surface area (Å²) in [6, 6.07) is 0. The second-order valence-electron chi connectivity index (χ2n) is 1.78. The molecule has 0 rings (SSSR count). The van der Waals surface area contributed by atoms with E-state index in [0.29, 0.717) is 6.61 Å². The predicted octanol–water partition coefficient (Wildman–Crippen LogP) is 0.910. The van der Waals surface area contributed by atoms with Gasteiger partial charge in [-0.2, -0.15) is 0 Å². The van der Waals surface area contributed by atoms with Gasteiger partial charge in [0.1, 0.15) is 0 Å². The molecule has 0 aliphatic rings. The van der Waals surface area contributed by atoms with E-state index in [-0.39, 0.29) is 18.9 Å². The van der Waals surface area contributed by atoms with Gasteiger partial charge in [0.25, 0.3) is 0 Å². The summed E-state index contributed by atoms with van der Waals surface area (Å²) in [6.07, 6.45) is 4.68. The zero-order valence-electron chi connectivity index (χ0n) is 4.98. The third kappa shape index (κ3) is 9.75. The van der Waals surface area contributed by atoms with Gasteiger partial charge in [0.2, 0.25) is 0 Å². The van der Waals surface area contributed by atoms with Crippen LogP contribution in [0.3, 0.4) is 0 Å². The minimum atomic E-state index is 0. The van der Waals surface area contributed by atoms with Crippen LogP contribution in [0.2, 0.25) is 0 Å². The molecule has 0 aromatic heterocycles. The van der Waals surface area contributed by atoms with Crippen LogP contribution in [-0.2, 0) is 0 Å². The van der Waals surface area contributed by atoms with Crippen molar-refractivity contribution in [3.63, 3.8) is 0 Å². The van der Waals surface area contributed by atoms with Crippen molar-refractivity contribution in [3.05, 3.63) is 0 Å². The van der Waals surface area contributed by atoms with Crippen molar-refractivity contribution in [2.75, 3.05) is 6.61 Å². The van der Waals surface area contributed by atoms with E-state index in [0.717, 1.165) is 6.42 Å². The number of unbranched alkanes of at least 4 members (excludes halogenated alkanes) is 3. The molecule has 2 heteroatoms. The van der Waals surface area contributed by atoms with E-state index >= 15 is 0 Å². The van der Waals surface area contributed by atoms with Crippen molar-refractivity contribution in [2.45, 2.75) is 32.6 Å². The standard InChI is InChI=1S/C6H14O.Li.H/c1-2-3-4-5-6-7;;/h7H,2-6H2,1H3;;. The fourth-order valence-corrected chi connectivity index (χ4v) is 0.539. The molecule has 0 radical (unpaired) electrons. The monoisotopic (exact) mass is 110 g/mol. The van der Waals surface area contributed by atoms with Crippen LogP contribution in [0.25, 0.3) is 0 Å². The van der Waals surface area contributed by atoms with Crippen LogP contribution in [0, 0.1) is 0 Å². The Morgan fingerprint density at radius 3 is 2.12 bits per heavy atom. The number of rotatable bonds is 4. The van der Waals surface area contributed by atoms with Gasteiger partial charge in [0.15, 0.2) is 0 Å². The van der Waals surface area contributed by atoms with E-state index in [1.807, 2.05) is 0 Å². The molecule has 0 fully saturated rings. The topological polar surface area (TPSA) is 20.2 Å². The Bertz CT molecular complexity index is 27.7. The number of aliphatic hydroxyl groups is 1. The third-order valence-electron chi connectivity index (χ3n) is 1.01. The van der Waals surface area contributed by atoms with E-state index in [1.165, 1.54) is 19.3 Å². The molecule has 0 aliphatic heterocycles. The molecule has 0 saturated carbocycles. The van der Waals surface area contributed by atoms with Crippen molar-refractivity contribution < 1.29 is 5.11 Å². The van der Waals surface area contributed by atoms with Crippen LogP contribution in [-0.4, -0.2) is 30.6 Å². The number of hydrogen-bond donors (Lipinski definition) is 1. The van der Waals surface area contributed by atoms with Gasteiger partial charge in [-0.15, -0.1) is 0 Å². The predicted molar refractivity (Wildman–Crippen MR) is 38.4 cm³/mol. The summed E-state index contributed by atoms with van der Waals surface area (Å²) in [7, 11) is 0. The van der Waals surface area contributed by atoms with Crippen molar-refractivity contribution in [1.29, 1.82) is 0 Å². The average Bonchev–Trinajstić information content (AvgIpc) is 1.69. The van der Waals surface area contributed by atoms with Crippen molar-refractivity contribution in [1.82, 2.24) is 0 Å². The van der Waals surface area contributed by atoms with E-state index in [2.05, 4.69) is 6.92 Å². The van der Waals surface area contributed by atoms with Gasteiger partial charge in [-0.05, 0) is 6.42 Å². The van der Waals surface area contributed by atoms with Gasteiger partial charge in [-0.1, -0.05) is 26.2 Å². The van der Waals surface area contributed by atoms with Gasteiger partial charge in [-0.25, -0.2) is 0 Å². The zero-order valence-corrected chi connectivity index (χ0v) is 4.98. The Morgan fingerprint density at radius 2 is 1.75 bits per heavy atom. The van der Waals surface area contributed by atoms with Crippen LogP contribution in [0.4, 0.5) is 0 Å². The van der Waals surface area contributed by atoms with Crippen molar-refractivity contribution >= 4 is 18.9 Å². The fraction of sp³-hybridized carbons (Fsp3) is 1.00. The first-order valence-corrected chi connectivity index (χ1v) is 3.02. The number of hydrogen-bond acceptors (Lipinski definition) is 1. The van der Waals surface area contributed by atoms with Crippen LogP contribution in [0.5, 0.6) is 0 Å². The summed E-state index contributed by atoms with van der Waals surface area (Å²) in [4.78, 5) is 0.